The predicted octanol–water partition coefficient (Wildman–Crippen LogP) is 0.963. The number of ether oxygens (including phenoxy) is 2. The summed E-state index contributed by atoms with van der Waals surface area (Å²) in [6.07, 6.45) is 4.03. The molecule has 1 fully saturated rings. The van der Waals surface area contributed by atoms with E-state index in [-0.39, 0.29) is 0 Å². The van der Waals surface area contributed by atoms with Gasteiger partial charge in [-0.1, -0.05) is 12.6 Å². The summed E-state index contributed by atoms with van der Waals surface area (Å²) in [6.45, 7) is 1.46. The standard InChI is InChI=1S/C7H14BO2/c1-9-4-5-10-7-2-3-8-6-7/h7H,2-6H2,1H3/t7-/m1/s1. The normalized spacial score (nSPS) is 24.7. The largest absolute Gasteiger partial charge is 0.382 e. The highest BCUT2D eigenvalue weighted by Crippen LogP contribution is 2.15. The van der Waals surface area contributed by atoms with Gasteiger partial charge in [0.25, 0.3) is 0 Å². The maximum absolute atomic E-state index is 5.49. The van der Waals surface area contributed by atoms with Crippen molar-refractivity contribution in [2.45, 2.75) is 25.2 Å². The Morgan fingerprint density at radius 1 is 1.50 bits per heavy atom. The summed E-state index contributed by atoms with van der Waals surface area (Å²) in [4.78, 5) is 0. The van der Waals surface area contributed by atoms with Gasteiger partial charge in [-0.3, -0.25) is 0 Å². The molecule has 1 saturated heterocycles. The van der Waals surface area contributed by atoms with E-state index in [0.717, 1.165) is 19.5 Å². The van der Waals surface area contributed by atoms with Gasteiger partial charge in [-0.15, -0.1) is 0 Å². The van der Waals surface area contributed by atoms with Gasteiger partial charge in [-0.25, -0.2) is 0 Å². The van der Waals surface area contributed by atoms with Crippen LogP contribution in [0.15, 0.2) is 0 Å². The molecule has 0 bridgehead atoms. The minimum absolute atomic E-state index is 0.482. The van der Waals surface area contributed by atoms with E-state index in [2.05, 4.69) is 7.28 Å². The van der Waals surface area contributed by atoms with Gasteiger partial charge in [0.1, 0.15) is 7.28 Å². The number of hydrogen-bond acceptors (Lipinski definition) is 2. The van der Waals surface area contributed by atoms with Crippen LogP contribution in [0, 0.1) is 0 Å². The van der Waals surface area contributed by atoms with Crippen LogP contribution < -0.4 is 0 Å². The van der Waals surface area contributed by atoms with Crippen molar-refractivity contribution in [3.8, 4) is 0 Å². The second-order valence-corrected chi connectivity index (χ2v) is 2.59. The monoisotopic (exact) mass is 141 g/mol. The second kappa shape index (κ2) is 4.75. The van der Waals surface area contributed by atoms with Gasteiger partial charge in [-0.2, -0.15) is 0 Å². The van der Waals surface area contributed by atoms with Crippen LogP contribution in [0.2, 0.25) is 12.6 Å². The van der Waals surface area contributed by atoms with Crippen molar-refractivity contribution in [3.05, 3.63) is 0 Å². The summed E-state index contributed by atoms with van der Waals surface area (Å²) in [5, 5.41) is 0. The van der Waals surface area contributed by atoms with Gasteiger partial charge in [0, 0.05) is 13.2 Å². The molecule has 10 heavy (non-hydrogen) atoms. The van der Waals surface area contributed by atoms with E-state index in [0.29, 0.717) is 6.10 Å². The molecule has 1 heterocycles. The molecule has 1 rings (SSSR count). The van der Waals surface area contributed by atoms with Crippen molar-refractivity contribution in [1.29, 1.82) is 0 Å². The van der Waals surface area contributed by atoms with Crippen LogP contribution in [0.25, 0.3) is 0 Å². The van der Waals surface area contributed by atoms with E-state index in [9.17, 15) is 0 Å². The Hall–Kier alpha value is -0.0151. The van der Waals surface area contributed by atoms with Gasteiger partial charge in [0.05, 0.1) is 13.2 Å². The third-order valence-corrected chi connectivity index (χ3v) is 1.76. The van der Waals surface area contributed by atoms with E-state index in [1.54, 1.807) is 7.11 Å². The maximum atomic E-state index is 5.49. The van der Waals surface area contributed by atoms with Crippen LogP contribution in [0.4, 0.5) is 0 Å². The van der Waals surface area contributed by atoms with Crippen molar-refractivity contribution >= 4 is 7.28 Å². The minimum atomic E-state index is 0.482. The Kier molecular flexibility index (Phi) is 3.84. The van der Waals surface area contributed by atoms with E-state index in [1.807, 2.05) is 0 Å². The SMILES string of the molecule is COCCO[C@H]1C[B]CC1. The molecule has 0 aromatic heterocycles. The van der Waals surface area contributed by atoms with Crippen LogP contribution in [-0.2, 0) is 9.47 Å². The van der Waals surface area contributed by atoms with Gasteiger partial charge in [0.15, 0.2) is 0 Å². The maximum Gasteiger partial charge on any atom is 0.112 e. The highest BCUT2D eigenvalue weighted by atomic mass is 16.5. The van der Waals surface area contributed by atoms with Gasteiger partial charge in [0.2, 0.25) is 0 Å². The average Bonchev–Trinajstić information content (AvgIpc) is 2.41. The first-order valence-electron chi connectivity index (χ1n) is 3.85. The fraction of sp³-hybridized carbons (Fsp3) is 1.00. The summed E-state index contributed by atoms with van der Waals surface area (Å²) < 4.78 is 10.4. The molecule has 1 aliphatic rings. The fourth-order valence-corrected chi connectivity index (χ4v) is 1.17. The first-order chi connectivity index (χ1) is 4.93. The molecule has 0 aliphatic carbocycles. The third kappa shape index (κ3) is 2.71. The Morgan fingerprint density at radius 3 is 3.00 bits per heavy atom. The highest BCUT2D eigenvalue weighted by Gasteiger charge is 2.15. The Labute approximate surface area is 63.1 Å². The van der Waals surface area contributed by atoms with Crippen LogP contribution in [0.3, 0.4) is 0 Å². The van der Waals surface area contributed by atoms with Crippen molar-refractivity contribution in [2.24, 2.45) is 0 Å². The van der Waals surface area contributed by atoms with E-state index in [1.165, 1.54) is 12.7 Å². The van der Waals surface area contributed by atoms with E-state index in [4.69, 9.17) is 9.47 Å². The molecular formula is C7H14BO2. The quantitative estimate of drug-likeness (QED) is 0.428. The van der Waals surface area contributed by atoms with Gasteiger partial charge >= 0.3 is 0 Å². The van der Waals surface area contributed by atoms with Crippen LogP contribution in [0.5, 0.6) is 0 Å². The zero-order valence-electron chi connectivity index (χ0n) is 6.51. The zero-order chi connectivity index (χ0) is 7.23. The predicted molar refractivity (Wildman–Crippen MR) is 41.6 cm³/mol. The molecule has 0 aromatic rings. The molecule has 1 atom stereocenters. The van der Waals surface area contributed by atoms with E-state index < -0.39 is 0 Å². The Morgan fingerprint density at radius 2 is 2.40 bits per heavy atom. The lowest BCUT2D eigenvalue weighted by atomic mass is 9.77. The lowest BCUT2D eigenvalue weighted by Gasteiger charge is -2.09. The fourth-order valence-electron chi connectivity index (χ4n) is 1.17. The molecule has 0 spiro atoms. The van der Waals surface area contributed by atoms with Crippen molar-refractivity contribution in [2.75, 3.05) is 20.3 Å². The van der Waals surface area contributed by atoms with Gasteiger partial charge in [-0.05, 0) is 6.42 Å². The lowest BCUT2D eigenvalue weighted by molar-refractivity contribution is 0.0285. The molecule has 0 unspecified atom stereocenters. The molecule has 3 heteroatoms. The summed E-state index contributed by atoms with van der Waals surface area (Å²) >= 11 is 0. The molecule has 0 saturated carbocycles. The first kappa shape index (κ1) is 8.09. The molecule has 0 aromatic carbocycles. The Bertz CT molecular complexity index is 81.7. The second-order valence-electron chi connectivity index (χ2n) is 2.59. The Balaban J connectivity index is 1.91. The molecule has 1 aliphatic heterocycles. The third-order valence-electron chi connectivity index (χ3n) is 1.76. The number of hydrogen-bond donors (Lipinski definition) is 0. The van der Waals surface area contributed by atoms with Gasteiger partial charge < -0.3 is 9.47 Å². The summed E-state index contributed by atoms with van der Waals surface area (Å²) in [7, 11) is 3.99. The smallest absolute Gasteiger partial charge is 0.112 e. The van der Waals surface area contributed by atoms with Crippen molar-refractivity contribution in [1.82, 2.24) is 0 Å². The van der Waals surface area contributed by atoms with Crippen LogP contribution in [0.1, 0.15) is 6.42 Å². The lowest BCUT2D eigenvalue weighted by Crippen LogP contribution is -2.11. The highest BCUT2D eigenvalue weighted by molar-refractivity contribution is 6.36. The topological polar surface area (TPSA) is 18.5 Å². The summed E-state index contributed by atoms with van der Waals surface area (Å²) in [6, 6.07) is 0. The summed E-state index contributed by atoms with van der Waals surface area (Å²) in [5.74, 6) is 0. The van der Waals surface area contributed by atoms with Crippen molar-refractivity contribution in [3.63, 3.8) is 0 Å². The molecule has 0 N–H and O–H groups in total. The first-order valence-corrected chi connectivity index (χ1v) is 3.85. The van der Waals surface area contributed by atoms with Crippen LogP contribution in [-0.4, -0.2) is 33.7 Å². The number of methoxy groups -OCH3 is 1. The molecular weight excluding hydrogens is 127 g/mol. The zero-order valence-corrected chi connectivity index (χ0v) is 6.51. The molecule has 57 valence electrons. The molecule has 1 radical (unpaired) electrons. The minimum Gasteiger partial charge on any atom is -0.382 e. The van der Waals surface area contributed by atoms with E-state index >= 15 is 0 Å². The van der Waals surface area contributed by atoms with Crippen LogP contribution >= 0.6 is 0 Å². The summed E-state index contributed by atoms with van der Waals surface area (Å²) in [5.41, 5.74) is 0. The molecule has 2 nitrogen and oxygen atoms in total. The van der Waals surface area contributed by atoms with Crippen molar-refractivity contribution < 1.29 is 9.47 Å². The average molecular weight is 141 g/mol. The number of rotatable bonds is 4. The molecule has 0 amide bonds.